The molecule has 0 radical (unpaired) electrons. The van der Waals surface area contributed by atoms with Crippen molar-refractivity contribution < 1.29 is 13.9 Å². The second kappa shape index (κ2) is 7.61. The van der Waals surface area contributed by atoms with E-state index in [2.05, 4.69) is 53.4 Å². The summed E-state index contributed by atoms with van der Waals surface area (Å²) in [5.74, 6) is 1.55. The van der Waals surface area contributed by atoms with Crippen LogP contribution in [0.1, 0.15) is 47.0 Å². The minimum atomic E-state index is -1.62. The van der Waals surface area contributed by atoms with E-state index < -0.39 is 8.32 Å². The smallest absolute Gasteiger partial charge is 0.184 e. The van der Waals surface area contributed by atoms with E-state index in [0.717, 1.165) is 25.4 Å². The fourth-order valence-corrected chi connectivity index (χ4v) is 5.48. The van der Waals surface area contributed by atoms with Crippen LogP contribution in [-0.2, 0) is 13.9 Å². The molecular weight excluding hydrogens is 316 g/mol. The van der Waals surface area contributed by atoms with Gasteiger partial charge < -0.3 is 13.9 Å². The van der Waals surface area contributed by atoms with E-state index in [-0.39, 0.29) is 17.8 Å². The van der Waals surface area contributed by atoms with Crippen LogP contribution in [0.25, 0.3) is 0 Å². The first-order chi connectivity index (χ1) is 11.1. The van der Waals surface area contributed by atoms with E-state index in [1.54, 1.807) is 0 Å². The lowest BCUT2D eigenvalue weighted by Crippen LogP contribution is -2.56. The molecule has 5 atom stereocenters. The van der Waals surface area contributed by atoms with Gasteiger partial charge in [0.25, 0.3) is 0 Å². The van der Waals surface area contributed by atoms with Gasteiger partial charge in [-0.3, -0.25) is 0 Å². The van der Waals surface area contributed by atoms with Crippen molar-refractivity contribution in [2.75, 3.05) is 13.7 Å². The highest BCUT2D eigenvalue weighted by molar-refractivity contribution is 6.69. The Labute approximate surface area is 150 Å². The van der Waals surface area contributed by atoms with Crippen molar-refractivity contribution in [3.8, 4) is 0 Å². The van der Waals surface area contributed by atoms with Gasteiger partial charge in [-0.25, -0.2) is 0 Å². The number of allylic oxidation sites excluding steroid dienone is 1. The molecule has 0 aromatic carbocycles. The lowest BCUT2D eigenvalue weighted by Gasteiger charge is -2.47. The molecule has 24 heavy (non-hydrogen) atoms. The first-order valence-corrected chi connectivity index (χ1v) is 13.0. The Morgan fingerprint density at radius 1 is 1.29 bits per heavy atom. The minimum Gasteiger partial charge on any atom is -0.412 e. The Balaban J connectivity index is 2.22. The van der Waals surface area contributed by atoms with E-state index >= 15 is 0 Å². The van der Waals surface area contributed by atoms with Gasteiger partial charge in [-0.2, -0.15) is 0 Å². The Kier molecular flexibility index (Phi) is 6.39. The molecule has 1 saturated heterocycles. The summed E-state index contributed by atoms with van der Waals surface area (Å²) in [6.45, 7) is 16.8. The molecular formula is C20H38O3Si. The van der Waals surface area contributed by atoms with Crippen LogP contribution < -0.4 is 0 Å². The lowest BCUT2D eigenvalue weighted by molar-refractivity contribution is -0.101. The van der Waals surface area contributed by atoms with Crippen molar-refractivity contribution in [2.45, 2.75) is 84.4 Å². The molecule has 2 fully saturated rings. The average Bonchev–Trinajstić information content (AvgIpc) is 3.19. The Hall–Kier alpha value is -0.163. The van der Waals surface area contributed by atoms with Crippen LogP contribution in [-0.4, -0.2) is 39.8 Å². The Bertz CT molecular complexity index is 448. The topological polar surface area (TPSA) is 31.0 Å². The molecule has 4 heteroatoms. The maximum absolute atomic E-state index is 6.57. The van der Waals surface area contributed by atoms with Crippen molar-refractivity contribution >= 4 is 8.32 Å². The standard InChI is InChI=1S/C20H38O3Si/c1-14(2)10-9-11-15(3)17-19(21-5)18(23-24(6,7)8)16(4)12-20(17)13-22-20/h11,14,16-19H,9-10,12-13H2,1-8H3/b15-11+/t16-,17+,18-,19+,20+/m1/s1. The number of hydrogen-bond donors (Lipinski definition) is 0. The van der Waals surface area contributed by atoms with Gasteiger partial charge in [0.05, 0.1) is 18.8 Å². The normalized spacial score (nSPS) is 37.3. The fraction of sp³-hybridized carbons (Fsp3) is 0.900. The summed E-state index contributed by atoms with van der Waals surface area (Å²) in [5, 5.41) is 0. The fourth-order valence-electron chi connectivity index (χ4n) is 4.30. The van der Waals surface area contributed by atoms with Crippen molar-refractivity contribution in [1.82, 2.24) is 0 Å². The van der Waals surface area contributed by atoms with Gasteiger partial charge in [0.1, 0.15) is 5.60 Å². The van der Waals surface area contributed by atoms with Crippen molar-refractivity contribution in [1.29, 1.82) is 0 Å². The molecule has 0 bridgehead atoms. The molecule has 0 N–H and O–H groups in total. The zero-order chi connectivity index (χ0) is 18.1. The third-order valence-electron chi connectivity index (χ3n) is 5.43. The summed E-state index contributed by atoms with van der Waals surface area (Å²) in [6.07, 6.45) is 6.15. The molecule has 3 nitrogen and oxygen atoms in total. The van der Waals surface area contributed by atoms with Crippen molar-refractivity contribution in [3.63, 3.8) is 0 Å². The molecule has 0 amide bonds. The molecule has 1 aliphatic heterocycles. The molecule has 0 aromatic heterocycles. The van der Waals surface area contributed by atoms with E-state index in [4.69, 9.17) is 13.9 Å². The third-order valence-corrected chi connectivity index (χ3v) is 6.40. The highest BCUT2D eigenvalue weighted by Gasteiger charge is 2.61. The molecule has 1 spiro atoms. The molecule has 140 valence electrons. The molecule has 2 rings (SSSR count). The quantitative estimate of drug-likeness (QED) is 0.365. The predicted octanol–water partition coefficient (Wildman–Crippen LogP) is 5.03. The summed E-state index contributed by atoms with van der Waals surface area (Å²) in [5.41, 5.74) is 1.42. The highest BCUT2D eigenvalue weighted by atomic mass is 28.4. The summed E-state index contributed by atoms with van der Waals surface area (Å²) in [7, 11) is 0.226. The number of hydrogen-bond acceptors (Lipinski definition) is 3. The highest BCUT2D eigenvalue weighted by Crippen LogP contribution is 2.52. The van der Waals surface area contributed by atoms with Crippen LogP contribution in [0.3, 0.4) is 0 Å². The molecule has 1 aliphatic carbocycles. The van der Waals surface area contributed by atoms with Crippen molar-refractivity contribution in [2.24, 2.45) is 17.8 Å². The van der Waals surface area contributed by atoms with Crippen LogP contribution in [0.2, 0.25) is 19.6 Å². The van der Waals surface area contributed by atoms with Crippen LogP contribution in [0.15, 0.2) is 11.6 Å². The van der Waals surface area contributed by atoms with Crippen LogP contribution in [0.5, 0.6) is 0 Å². The van der Waals surface area contributed by atoms with Gasteiger partial charge in [0, 0.05) is 13.0 Å². The monoisotopic (exact) mass is 354 g/mol. The lowest BCUT2D eigenvalue weighted by atomic mass is 9.68. The Morgan fingerprint density at radius 3 is 2.38 bits per heavy atom. The van der Waals surface area contributed by atoms with Crippen LogP contribution >= 0.6 is 0 Å². The van der Waals surface area contributed by atoms with Gasteiger partial charge in [-0.1, -0.05) is 32.4 Å². The molecule has 2 aliphatic rings. The average molecular weight is 355 g/mol. The zero-order valence-electron chi connectivity index (χ0n) is 17.0. The van der Waals surface area contributed by atoms with Crippen molar-refractivity contribution in [3.05, 3.63) is 11.6 Å². The number of ether oxygens (including phenoxy) is 2. The van der Waals surface area contributed by atoms with Gasteiger partial charge in [0.15, 0.2) is 8.32 Å². The van der Waals surface area contributed by atoms with Crippen LogP contribution in [0.4, 0.5) is 0 Å². The molecule has 1 saturated carbocycles. The van der Waals surface area contributed by atoms with Gasteiger partial charge in [-0.15, -0.1) is 0 Å². The third kappa shape index (κ3) is 4.72. The van der Waals surface area contributed by atoms with Gasteiger partial charge in [0.2, 0.25) is 0 Å². The minimum absolute atomic E-state index is 0.00218. The first kappa shape index (κ1) is 20.2. The second-order valence-electron chi connectivity index (χ2n) is 9.33. The summed E-state index contributed by atoms with van der Waals surface area (Å²) < 4.78 is 18.6. The molecule has 0 unspecified atom stereocenters. The Morgan fingerprint density at radius 2 is 1.92 bits per heavy atom. The van der Waals surface area contributed by atoms with E-state index in [1.165, 1.54) is 12.0 Å². The summed E-state index contributed by atoms with van der Waals surface area (Å²) in [4.78, 5) is 0. The van der Waals surface area contributed by atoms with E-state index in [1.807, 2.05) is 7.11 Å². The first-order valence-electron chi connectivity index (χ1n) is 9.61. The molecule has 0 aromatic rings. The predicted molar refractivity (Wildman–Crippen MR) is 103 cm³/mol. The van der Waals surface area contributed by atoms with Gasteiger partial charge in [-0.05, 0) is 57.7 Å². The SMILES string of the molecule is CO[C@@H]1[C@H](O[Si](C)(C)C)[C@H](C)C[C@]2(CO2)[C@H]1/C(C)=C/CCC(C)C. The van der Waals surface area contributed by atoms with E-state index in [0.29, 0.717) is 11.8 Å². The second-order valence-corrected chi connectivity index (χ2v) is 13.8. The largest absolute Gasteiger partial charge is 0.412 e. The maximum Gasteiger partial charge on any atom is 0.184 e. The molecule has 1 heterocycles. The number of methoxy groups -OCH3 is 1. The maximum atomic E-state index is 6.57. The van der Waals surface area contributed by atoms with E-state index in [9.17, 15) is 0 Å². The number of rotatable bonds is 7. The summed E-state index contributed by atoms with van der Waals surface area (Å²) in [6, 6.07) is 0. The van der Waals surface area contributed by atoms with Gasteiger partial charge >= 0.3 is 0 Å². The summed E-state index contributed by atoms with van der Waals surface area (Å²) >= 11 is 0. The van der Waals surface area contributed by atoms with Crippen LogP contribution in [0, 0.1) is 17.8 Å². The number of epoxide rings is 1. The zero-order valence-corrected chi connectivity index (χ0v) is 18.0.